The topological polar surface area (TPSA) is 70.0 Å². The fourth-order valence-corrected chi connectivity index (χ4v) is 2.95. The van der Waals surface area contributed by atoms with Gasteiger partial charge in [-0.2, -0.15) is 5.26 Å². The molecule has 0 aliphatic rings. The lowest BCUT2D eigenvalue weighted by molar-refractivity contribution is 0.600. The highest BCUT2D eigenvalue weighted by atomic mass is 35.5. The highest BCUT2D eigenvalue weighted by Crippen LogP contribution is 2.16. The summed E-state index contributed by atoms with van der Waals surface area (Å²) in [7, 11) is -3.50. The van der Waals surface area contributed by atoms with Crippen molar-refractivity contribution >= 4 is 27.3 Å². The lowest BCUT2D eigenvalue weighted by Gasteiger charge is -2.08. The molecule has 0 spiro atoms. The summed E-state index contributed by atoms with van der Waals surface area (Å²) in [5, 5.41) is 9.23. The van der Waals surface area contributed by atoms with E-state index in [0.717, 1.165) is 0 Å². The molecule has 4 nitrogen and oxygen atoms in total. The van der Waals surface area contributed by atoms with E-state index in [9.17, 15) is 8.42 Å². The second-order valence-electron chi connectivity index (χ2n) is 4.18. The Hall–Kier alpha value is -2.03. The van der Waals surface area contributed by atoms with E-state index >= 15 is 0 Å². The van der Waals surface area contributed by atoms with Crippen LogP contribution < -0.4 is 4.72 Å². The second kappa shape index (κ2) is 5.95. The van der Waals surface area contributed by atoms with Crippen LogP contribution in [-0.2, 0) is 15.8 Å². The van der Waals surface area contributed by atoms with Crippen molar-refractivity contribution in [3.05, 3.63) is 64.7 Å². The monoisotopic (exact) mass is 306 g/mol. The lowest BCUT2D eigenvalue weighted by Crippen LogP contribution is -2.14. The molecule has 2 rings (SSSR count). The minimum absolute atomic E-state index is 0.151. The highest BCUT2D eigenvalue weighted by molar-refractivity contribution is 7.91. The normalized spacial score (nSPS) is 10.8. The van der Waals surface area contributed by atoms with Crippen LogP contribution in [0.4, 0.5) is 5.69 Å². The van der Waals surface area contributed by atoms with E-state index in [4.69, 9.17) is 16.9 Å². The van der Waals surface area contributed by atoms with Gasteiger partial charge in [0.05, 0.1) is 17.4 Å². The molecule has 0 bridgehead atoms. The summed E-state index contributed by atoms with van der Waals surface area (Å²) in [5.74, 6) is -0.151. The predicted octanol–water partition coefficient (Wildman–Crippen LogP) is 3.15. The van der Waals surface area contributed by atoms with Gasteiger partial charge in [-0.3, -0.25) is 4.72 Å². The molecule has 0 unspecified atom stereocenters. The molecule has 0 aromatic heterocycles. The number of halogens is 1. The SMILES string of the molecule is N#Cc1ccc(CS(=O)(=O)Nc2ccc(Cl)cc2)cc1. The molecule has 0 radical (unpaired) electrons. The van der Waals surface area contributed by atoms with Gasteiger partial charge in [0.1, 0.15) is 0 Å². The quantitative estimate of drug-likeness (QED) is 0.943. The zero-order chi connectivity index (χ0) is 14.6. The fraction of sp³-hybridized carbons (Fsp3) is 0.0714. The van der Waals surface area contributed by atoms with Crippen molar-refractivity contribution in [2.24, 2.45) is 0 Å². The Labute approximate surface area is 122 Å². The average Bonchev–Trinajstić information content (AvgIpc) is 2.41. The Morgan fingerprint density at radius 2 is 1.65 bits per heavy atom. The average molecular weight is 307 g/mol. The molecule has 0 aliphatic heterocycles. The molecule has 1 N–H and O–H groups in total. The molecule has 0 heterocycles. The third-order valence-corrected chi connectivity index (χ3v) is 4.07. The number of nitriles is 1. The zero-order valence-corrected chi connectivity index (χ0v) is 11.9. The van der Waals surface area contributed by atoms with Crippen molar-refractivity contribution < 1.29 is 8.42 Å². The van der Waals surface area contributed by atoms with Crippen LogP contribution in [0.15, 0.2) is 48.5 Å². The minimum atomic E-state index is -3.50. The van der Waals surface area contributed by atoms with Crippen LogP contribution in [0.5, 0.6) is 0 Å². The Morgan fingerprint density at radius 1 is 1.05 bits per heavy atom. The number of anilines is 1. The molecule has 0 fully saturated rings. The summed E-state index contributed by atoms with van der Waals surface area (Å²) < 4.78 is 26.5. The van der Waals surface area contributed by atoms with E-state index in [-0.39, 0.29) is 5.75 Å². The Morgan fingerprint density at radius 3 is 2.20 bits per heavy atom. The molecule has 0 saturated carbocycles. The number of nitrogens with zero attached hydrogens (tertiary/aromatic N) is 1. The van der Waals surface area contributed by atoms with Gasteiger partial charge in [-0.1, -0.05) is 23.7 Å². The maximum absolute atomic E-state index is 12.0. The van der Waals surface area contributed by atoms with Crippen LogP contribution in [0.2, 0.25) is 5.02 Å². The van der Waals surface area contributed by atoms with Crippen LogP contribution in [0.3, 0.4) is 0 Å². The van der Waals surface area contributed by atoms with E-state index in [2.05, 4.69) is 4.72 Å². The number of benzene rings is 2. The van der Waals surface area contributed by atoms with Gasteiger partial charge in [-0.25, -0.2) is 8.42 Å². The minimum Gasteiger partial charge on any atom is -0.283 e. The Kier molecular flexibility index (Phi) is 4.28. The number of hydrogen-bond acceptors (Lipinski definition) is 3. The van der Waals surface area contributed by atoms with Gasteiger partial charge in [0.15, 0.2) is 0 Å². The molecule has 2 aromatic rings. The Bertz CT molecular complexity index is 732. The van der Waals surface area contributed by atoms with Crippen molar-refractivity contribution in [1.29, 1.82) is 5.26 Å². The van der Waals surface area contributed by atoms with Crippen molar-refractivity contribution in [3.63, 3.8) is 0 Å². The molecular formula is C14H11ClN2O2S. The van der Waals surface area contributed by atoms with Gasteiger partial charge < -0.3 is 0 Å². The van der Waals surface area contributed by atoms with Crippen molar-refractivity contribution in [1.82, 2.24) is 0 Å². The third-order valence-electron chi connectivity index (χ3n) is 2.56. The van der Waals surface area contributed by atoms with E-state index in [1.54, 1.807) is 48.5 Å². The van der Waals surface area contributed by atoms with Gasteiger partial charge in [0, 0.05) is 10.7 Å². The summed E-state index contributed by atoms with van der Waals surface area (Å²) >= 11 is 5.74. The van der Waals surface area contributed by atoms with Gasteiger partial charge in [-0.05, 0) is 42.0 Å². The molecule has 0 amide bonds. The first-order valence-electron chi connectivity index (χ1n) is 5.74. The molecule has 20 heavy (non-hydrogen) atoms. The van der Waals surface area contributed by atoms with Gasteiger partial charge in [-0.15, -0.1) is 0 Å². The van der Waals surface area contributed by atoms with E-state index in [1.165, 1.54) is 0 Å². The van der Waals surface area contributed by atoms with Crippen LogP contribution in [-0.4, -0.2) is 8.42 Å². The first-order chi connectivity index (χ1) is 9.48. The largest absolute Gasteiger partial charge is 0.283 e. The van der Waals surface area contributed by atoms with Gasteiger partial charge >= 0.3 is 0 Å². The molecule has 0 atom stereocenters. The lowest BCUT2D eigenvalue weighted by atomic mass is 10.2. The zero-order valence-electron chi connectivity index (χ0n) is 10.4. The third kappa shape index (κ3) is 3.98. The number of rotatable bonds is 4. The molecule has 2 aromatic carbocycles. The van der Waals surface area contributed by atoms with E-state index in [1.807, 2.05) is 6.07 Å². The van der Waals surface area contributed by atoms with Crippen LogP contribution in [0, 0.1) is 11.3 Å². The molecule has 6 heteroatoms. The molecule has 0 saturated heterocycles. The van der Waals surface area contributed by atoms with E-state index < -0.39 is 10.0 Å². The summed E-state index contributed by atoms with van der Waals surface area (Å²) in [5.41, 5.74) is 1.57. The molecule has 0 aliphatic carbocycles. The highest BCUT2D eigenvalue weighted by Gasteiger charge is 2.11. The predicted molar refractivity (Wildman–Crippen MR) is 78.9 cm³/mol. The first kappa shape index (κ1) is 14.4. The fourth-order valence-electron chi connectivity index (χ4n) is 1.63. The summed E-state index contributed by atoms with van der Waals surface area (Å²) in [6, 6.07) is 14.8. The Balaban J connectivity index is 2.10. The summed E-state index contributed by atoms with van der Waals surface area (Å²) in [6.45, 7) is 0. The van der Waals surface area contributed by atoms with Crippen LogP contribution in [0.25, 0.3) is 0 Å². The number of hydrogen-bond donors (Lipinski definition) is 1. The van der Waals surface area contributed by atoms with Crippen LogP contribution >= 0.6 is 11.6 Å². The second-order valence-corrected chi connectivity index (χ2v) is 6.34. The van der Waals surface area contributed by atoms with Crippen molar-refractivity contribution in [2.75, 3.05) is 4.72 Å². The number of sulfonamides is 1. The first-order valence-corrected chi connectivity index (χ1v) is 7.77. The van der Waals surface area contributed by atoms with Crippen molar-refractivity contribution in [2.45, 2.75) is 5.75 Å². The summed E-state index contributed by atoms with van der Waals surface area (Å²) in [6.07, 6.45) is 0. The summed E-state index contributed by atoms with van der Waals surface area (Å²) in [4.78, 5) is 0. The maximum Gasteiger partial charge on any atom is 0.236 e. The standard InChI is InChI=1S/C14H11ClN2O2S/c15-13-5-7-14(8-6-13)17-20(18,19)10-12-3-1-11(9-16)2-4-12/h1-8,17H,10H2. The van der Waals surface area contributed by atoms with Crippen molar-refractivity contribution in [3.8, 4) is 6.07 Å². The molecule has 102 valence electrons. The van der Waals surface area contributed by atoms with E-state index in [0.29, 0.717) is 21.8 Å². The number of nitrogens with one attached hydrogen (secondary N) is 1. The smallest absolute Gasteiger partial charge is 0.236 e. The van der Waals surface area contributed by atoms with Crippen LogP contribution in [0.1, 0.15) is 11.1 Å². The van der Waals surface area contributed by atoms with Gasteiger partial charge in [0.25, 0.3) is 0 Å². The molecular weight excluding hydrogens is 296 g/mol. The maximum atomic E-state index is 12.0. The van der Waals surface area contributed by atoms with Gasteiger partial charge in [0.2, 0.25) is 10.0 Å².